The summed E-state index contributed by atoms with van der Waals surface area (Å²) in [4.78, 5) is 1.81. The average Bonchev–Trinajstić information content (AvgIpc) is 2.39. The van der Waals surface area contributed by atoms with E-state index in [2.05, 4.69) is 87.6 Å². The normalized spacial score (nSPS) is 12.2. The lowest BCUT2D eigenvalue weighted by atomic mass is 10.1. The molecule has 2 aromatic carbocycles. The molecule has 0 aromatic heterocycles. The van der Waals surface area contributed by atoms with Crippen molar-refractivity contribution < 1.29 is 0 Å². The first-order valence-corrected chi connectivity index (χ1v) is 6.73. The standard InChI is InChI=1S/C16H16S2/c1-11-3-7-13(8-4-11)15(17)16(18)14-9-5-12(2)6-10-14/h3-10,17-18H,1-2H3. The summed E-state index contributed by atoms with van der Waals surface area (Å²) in [6.45, 7) is 4.15. The zero-order valence-electron chi connectivity index (χ0n) is 10.5. The van der Waals surface area contributed by atoms with E-state index < -0.39 is 0 Å². The second-order valence-electron chi connectivity index (χ2n) is 4.43. The molecular formula is C16H16S2. The summed E-state index contributed by atoms with van der Waals surface area (Å²) in [5, 5.41) is 0. The maximum absolute atomic E-state index is 4.59. The van der Waals surface area contributed by atoms with Crippen LogP contribution in [-0.2, 0) is 0 Å². The number of hydrogen-bond donors (Lipinski definition) is 2. The number of aryl methyl sites for hydroxylation is 2. The van der Waals surface area contributed by atoms with E-state index in [9.17, 15) is 0 Å². The molecule has 0 heterocycles. The molecule has 0 fully saturated rings. The molecule has 2 heteroatoms. The van der Waals surface area contributed by atoms with Gasteiger partial charge in [0.15, 0.2) is 0 Å². The van der Waals surface area contributed by atoms with Gasteiger partial charge >= 0.3 is 0 Å². The predicted molar refractivity (Wildman–Crippen MR) is 87.1 cm³/mol. The van der Waals surface area contributed by atoms with Crippen LogP contribution in [0, 0.1) is 13.8 Å². The zero-order valence-corrected chi connectivity index (χ0v) is 12.3. The highest BCUT2D eigenvalue weighted by molar-refractivity contribution is 7.96. The summed E-state index contributed by atoms with van der Waals surface area (Å²) in [5.41, 5.74) is 4.68. The van der Waals surface area contributed by atoms with E-state index in [1.54, 1.807) is 0 Å². The largest absolute Gasteiger partial charge is 0.142 e. The van der Waals surface area contributed by atoms with Gasteiger partial charge in [0, 0.05) is 9.81 Å². The van der Waals surface area contributed by atoms with Crippen molar-refractivity contribution in [3.05, 3.63) is 70.8 Å². The molecule has 0 saturated heterocycles. The molecule has 0 aliphatic heterocycles. The summed E-state index contributed by atoms with van der Waals surface area (Å²) < 4.78 is 0. The fourth-order valence-electron chi connectivity index (χ4n) is 1.70. The molecule has 0 spiro atoms. The Labute approximate surface area is 120 Å². The molecule has 0 atom stereocenters. The van der Waals surface area contributed by atoms with Crippen molar-refractivity contribution in [1.82, 2.24) is 0 Å². The Kier molecular flexibility index (Phi) is 4.20. The number of hydrogen-bond acceptors (Lipinski definition) is 2. The first-order chi connectivity index (χ1) is 8.58. The fourth-order valence-corrected chi connectivity index (χ4v) is 2.25. The molecule has 0 saturated carbocycles. The van der Waals surface area contributed by atoms with Crippen LogP contribution in [0.4, 0.5) is 0 Å². The van der Waals surface area contributed by atoms with Gasteiger partial charge in [0.1, 0.15) is 0 Å². The summed E-state index contributed by atoms with van der Waals surface area (Å²) in [5.74, 6) is 0. The Bertz CT molecular complexity index is 510. The molecule has 0 unspecified atom stereocenters. The second-order valence-corrected chi connectivity index (χ2v) is 5.32. The van der Waals surface area contributed by atoms with Gasteiger partial charge in [-0.1, -0.05) is 59.7 Å². The monoisotopic (exact) mass is 272 g/mol. The van der Waals surface area contributed by atoms with Crippen molar-refractivity contribution in [1.29, 1.82) is 0 Å². The topological polar surface area (TPSA) is 0 Å². The van der Waals surface area contributed by atoms with Gasteiger partial charge in [-0.2, -0.15) is 0 Å². The van der Waals surface area contributed by atoms with E-state index in [-0.39, 0.29) is 0 Å². The van der Waals surface area contributed by atoms with Crippen LogP contribution < -0.4 is 0 Å². The molecule has 18 heavy (non-hydrogen) atoms. The minimum atomic E-state index is 0.905. The van der Waals surface area contributed by atoms with Crippen molar-refractivity contribution in [2.45, 2.75) is 13.8 Å². The third-order valence-corrected chi connectivity index (χ3v) is 4.01. The highest BCUT2D eigenvalue weighted by atomic mass is 32.1. The third kappa shape index (κ3) is 3.01. The molecule has 0 N–H and O–H groups in total. The van der Waals surface area contributed by atoms with Crippen LogP contribution >= 0.6 is 25.3 Å². The lowest BCUT2D eigenvalue weighted by Crippen LogP contribution is -1.84. The lowest BCUT2D eigenvalue weighted by molar-refractivity contribution is 1.46. The van der Waals surface area contributed by atoms with Crippen molar-refractivity contribution in [2.24, 2.45) is 0 Å². The Morgan fingerprint density at radius 3 is 1.17 bits per heavy atom. The molecule has 2 aromatic rings. The Morgan fingerprint density at radius 2 is 0.889 bits per heavy atom. The lowest BCUT2D eigenvalue weighted by Gasteiger charge is -2.07. The molecule has 0 aliphatic carbocycles. The SMILES string of the molecule is Cc1ccc(C(S)=C(S)c2ccc(C)cc2)cc1. The van der Waals surface area contributed by atoms with Crippen LogP contribution in [0.15, 0.2) is 48.5 Å². The number of benzene rings is 2. The Balaban J connectivity index is 2.40. The van der Waals surface area contributed by atoms with Crippen LogP contribution in [0.1, 0.15) is 22.3 Å². The van der Waals surface area contributed by atoms with Gasteiger partial charge in [-0.05, 0) is 25.0 Å². The number of rotatable bonds is 2. The van der Waals surface area contributed by atoms with Gasteiger partial charge < -0.3 is 0 Å². The maximum Gasteiger partial charge on any atom is 0.0253 e. The fraction of sp³-hybridized carbons (Fsp3) is 0.125. The summed E-state index contributed by atoms with van der Waals surface area (Å²) in [6, 6.07) is 16.6. The first-order valence-electron chi connectivity index (χ1n) is 5.84. The van der Waals surface area contributed by atoms with Gasteiger partial charge in [0.2, 0.25) is 0 Å². The molecule has 92 valence electrons. The molecule has 0 amide bonds. The first kappa shape index (κ1) is 13.3. The summed E-state index contributed by atoms with van der Waals surface area (Å²) in [7, 11) is 0. The van der Waals surface area contributed by atoms with E-state index in [4.69, 9.17) is 0 Å². The van der Waals surface area contributed by atoms with Gasteiger partial charge in [0.25, 0.3) is 0 Å². The van der Waals surface area contributed by atoms with Gasteiger partial charge in [-0.3, -0.25) is 0 Å². The zero-order chi connectivity index (χ0) is 13.1. The molecule has 0 nitrogen and oxygen atoms in total. The van der Waals surface area contributed by atoms with Crippen LogP contribution in [0.5, 0.6) is 0 Å². The highest BCUT2D eigenvalue weighted by Crippen LogP contribution is 2.31. The second kappa shape index (κ2) is 5.68. The maximum atomic E-state index is 4.59. The van der Waals surface area contributed by atoms with Crippen molar-refractivity contribution in [2.75, 3.05) is 0 Å². The van der Waals surface area contributed by atoms with Crippen molar-refractivity contribution >= 4 is 35.1 Å². The van der Waals surface area contributed by atoms with Gasteiger partial charge in [-0.25, -0.2) is 0 Å². The van der Waals surface area contributed by atoms with Crippen molar-refractivity contribution in [3.63, 3.8) is 0 Å². The van der Waals surface area contributed by atoms with Crippen LogP contribution in [0.3, 0.4) is 0 Å². The molecule has 2 rings (SSSR count). The van der Waals surface area contributed by atoms with E-state index in [1.807, 2.05) is 0 Å². The van der Waals surface area contributed by atoms with E-state index in [0.717, 1.165) is 20.9 Å². The van der Waals surface area contributed by atoms with Crippen molar-refractivity contribution in [3.8, 4) is 0 Å². The van der Waals surface area contributed by atoms with E-state index in [1.165, 1.54) is 11.1 Å². The molecule has 0 radical (unpaired) electrons. The Morgan fingerprint density at radius 1 is 0.611 bits per heavy atom. The summed E-state index contributed by atoms with van der Waals surface area (Å²) >= 11 is 9.18. The molecule has 0 bridgehead atoms. The number of thiol groups is 2. The predicted octanol–water partition coefficient (Wildman–Crippen LogP) is 4.99. The third-order valence-electron chi connectivity index (χ3n) is 2.87. The van der Waals surface area contributed by atoms with Gasteiger partial charge in [0.05, 0.1) is 0 Å². The van der Waals surface area contributed by atoms with Crippen LogP contribution in [0.2, 0.25) is 0 Å². The molecular weight excluding hydrogens is 256 g/mol. The minimum absolute atomic E-state index is 0.905. The molecule has 0 aliphatic rings. The summed E-state index contributed by atoms with van der Waals surface area (Å²) in [6.07, 6.45) is 0. The van der Waals surface area contributed by atoms with E-state index in [0.29, 0.717) is 0 Å². The smallest absolute Gasteiger partial charge is 0.0253 e. The quantitative estimate of drug-likeness (QED) is 0.558. The highest BCUT2D eigenvalue weighted by Gasteiger charge is 2.04. The van der Waals surface area contributed by atoms with Gasteiger partial charge in [-0.15, -0.1) is 25.3 Å². The van der Waals surface area contributed by atoms with E-state index >= 15 is 0 Å². The van der Waals surface area contributed by atoms with Crippen LogP contribution in [-0.4, -0.2) is 0 Å². The van der Waals surface area contributed by atoms with Crippen LogP contribution in [0.25, 0.3) is 9.81 Å². The Hall–Kier alpha value is -1.12. The minimum Gasteiger partial charge on any atom is -0.142 e. The average molecular weight is 272 g/mol.